The van der Waals surface area contributed by atoms with E-state index in [0.717, 1.165) is 0 Å². The van der Waals surface area contributed by atoms with Gasteiger partial charge in [-0.2, -0.15) is 0 Å². The van der Waals surface area contributed by atoms with Gasteiger partial charge in [-0.15, -0.1) is 0 Å². The first kappa shape index (κ1) is 16.0. The summed E-state index contributed by atoms with van der Waals surface area (Å²) in [4.78, 5) is 2.58. The summed E-state index contributed by atoms with van der Waals surface area (Å²) in [7, 11) is 0. The minimum absolute atomic E-state index is 1.23. The quantitative estimate of drug-likeness (QED) is 0.430. The molecule has 0 aromatic heterocycles. The van der Waals surface area contributed by atoms with Crippen LogP contribution in [0.15, 0.2) is 0 Å². The third kappa shape index (κ3) is 10.5. The summed E-state index contributed by atoms with van der Waals surface area (Å²) in [5, 5.41) is 0. The molecule has 0 radical (unpaired) electrons. The minimum Gasteiger partial charge on any atom is -0.304 e. The van der Waals surface area contributed by atoms with E-state index in [-0.39, 0.29) is 0 Å². The largest absolute Gasteiger partial charge is 0.304 e. The summed E-state index contributed by atoms with van der Waals surface area (Å²) < 4.78 is 0. The zero-order valence-electron chi connectivity index (χ0n) is 11.9. The molecule has 0 aliphatic carbocycles. The molecule has 0 atom stereocenters. The number of nitrogens with zero attached hydrogens (tertiary/aromatic N) is 1. The summed E-state index contributed by atoms with van der Waals surface area (Å²) in [6.45, 7) is 10.7. The van der Waals surface area contributed by atoms with Gasteiger partial charge in [0, 0.05) is 0 Å². The van der Waals surface area contributed by atoms with Gasteiger partial charge in [0.1, 0.15) is 0 Å². The van der Waals surface area contributed by atoms with E-state index in [1.807, 2.05) is 0 Å². The molecule has 0 fully saturated rings. The Morgan fingerprint density at radius 2 is 1.12 bits per heavy atom. The highest BCUT2D eigenvalue weighted by molar-refractivity contribution is 4.55. The smallest absolute Gasteiger partial charge is 0.00189 e. The van der Waals surface area contributed by atoms with Crippen LogP contribution in [-0.4, -0.2) is 24.5 Å². The van der Waals surface area contributed by atoms with Gasteiger partial charge in [0.15, 0.2) is 0 Å². The zero-order chi connectivity index (χ0) is 12.1. The molecule has 0 heterocycles. The molecule has 1 heteroatoms. The molecule has 1 nitrogen and oxygen atoms in total. The van der Waals surface area contributed by atoms with Crippen LogP contribution in [0.3, 0.4) is 0 Å². The van der Waals surface area contributed by atoms with Crippen LogP contribution in [0.5, 0.6) is 0 Å². The zero-order valence-corrected chi connectivity index (χ0v) is 11.9. The molecule has 0 aliphatic heterocycles. The average molecular weight is 227 g/mol. The van der Waals surface area contributed by atoms with Crippen molar-refractivity contribution in [2.24, 2.45) is 0 Å². The summed E-state index contributed by atoms with van der Waals surface area (Å²) in [5.74, 6) is 0. The molecular weight excluding hydrogens is 194 g/mol. The van der Waals surface area contributed by atoms with Crippen molar-refractivity contribution in [1.82, 2.24) is 4.90 Å². The molecule has 0 aromatic rings. The lowest BCUT2D eigenvalue weighted by Gasteiger charge is -2.19. The molecule has 16 heavy (non-hydrogen) atoms. The third-order valence-corrected chi connectivity index (χ3v) is 3.31. The standard InChI is InChI=1S/C15H33N/c1-4-7-8-9-10-11-12-13-15-16(6-3)14-5-2/h4-15H2,1-3H3. The Kier molecular flexibility index (Phi) is 13.0. The summed E-state index contributed by atoms with van der Waals surface area (Å²) in [6, 6.07) is 0. The molecule has 0 spiro atoms. The van der Waals surface area contributed by atoms with Crippen molar-refractivity contribution in [1.29, 1.82) is 0 Å². The van der Waals surface area contributed by atoms with Crippen LogP contribution in [-0.2, 0) is 0 Å². The first-order chi connectivity index (χ1) is 7.85. The second-order valence-electron chi connectivity index (χ2n) is 4.91. The van der Waals surface area contributed by atoms with E-state index in [9.17, 15) is 0 Å². The van der Waals surface area contributed by atoms with Crippen molar-refractivity contribution >= 4 is 0 Å². The fourth-order valence-electron chi connectivity index (χ4n) is 2.21. The van der Waals surface area contributed by atoms with E-state index in [1.165, 1.54) is 77.4 Å². The molecule has 98 valence electrons. The SMILES string of the molecule is CCCCCCCCCCN(CC)CCC. The lowest BCUT2D eigenvalue weighted by Crippen LogP contribution is -2.25. The van der Waals surface area contributed by atoms with Crippen LogP contribution >= 0.6 is 0 Å². The molecule has 0 rings (SSSR count). The van der Waals surface area contributed by atoms with E-state index in [1.54, 1.807) is 0 Å². The lowest BCUT2D eigenvalue weighted by molar-refractivity contribution is 0.281. The Bertz CT molecular complexity index is 123. The van der Waals surface area contributed by atoms with Gasteiger partial charge in [-0.25, -0.2) is 0 Å². The summed E-state index contributed by atoms with van der Waals surface area (Å²) >= 11 is 0. The second-order valence-corrected chi connectivity index (χ2v) is 4.91. The van der Waals surface area contributed by atoms with Crippen LogP contribution in [0.2, 0.25) is 0 Å². The highest BCUT2D eigenvalue weighted by Gasteiger charge is 1.99. The van der Waals surface area contributed by atoms with Gasteiger partial charge in [0.2, 0.25) is 0 Å². The van der Waals surface area contributed by atoms with E-state index in [0.29, 0.717) is 0 Å². The molecule has 0 unspecified atom stereocenters. The van der Waals surface area contributed by atoms with Gasteiger partial charge in [0.25, 0.3) is 0 Å². The molecule has 0 aliphatic rings. The van der Waals surface area contributed by atoms with Gasteiger partial charge < -0.3 is 4.90 Å². The van der Waals surface area contributed by atoms with Crippen molar-refractivity contribution in [3.8, 4) is 0 Å². The predicted octanol–water partition coefficient (Wildman–Crippen LogP) is 4.86. The Labute approximate surface area is 104 Å². The second kappa shape index (κ2) is 13.0. The number of hydrogen-bond donors (Lipinski definition) is 0. The van der Waals surface area contributed by atoms with E-state index in [2.05, 4.69) is 25.7 Å². The number of unbranched alkanes of at least 4 members (excludes halogenated alkanes) is 7. The molecule has 0 bridgehead atoms. The maximum atomic E-state index is 2.58. The molecule has 0 amide bonds. The lowest BCUT2D eigenvalue weighted by atomic mass is 10.1. The van der Waals surface area contributed by atoms with Crippen LogP contribution < -0.4 is 0 Å². The van der Waals surface area contributed by atoms with Crippen molar-refractivity contribution < 1.29 is 0 Å². The topological polar surface area (TPSA) is 3.24 Å². The maximum Gasteiger partial charge on any atom is -0.00189 e. The van der Waals surface area contributed by atoms with Gasteiger partial charge in [0.05, 0.1) is 0 Å². The minimum atomic E-state index is 1.23. The summed E-state index contributed by atoms with van der Waals surface area (Å²) in [6.07, 6.45) is 12.8. The Balaban J connectivity index is 3.12. The van der Waals surface area contributed by atoms with Crippen LogP contribution in [0, 0.1) is 0 Å². The molecule has 0 saturated heterocycles. The van der Waals surface area contributed by atoms with Crippen molar-refractivity contribution in [3.05, 3.63) is 0 Å². The van der Waals surface area contributed by atoms with Gasteiger partial charge >= 0.3 is 0 Å². The van der Waals surface area contributed by atoms with Crippen molar-refractivity contribution in [2.45, 2.75) is 78.6 Å². The van der Waals surface area contributed by atoms with Gasteiger partial charge in [-0.3, -0.25) is 0 Å². The van der Waals surface area contributed by atoms with E-state index < -0.39 is 0 Å². The van der Waals surface area contributed by atoms with Gasteiger partial charge in [-0.1, -0.05) is 65.7 Å². The van der Waals surface area contributed by atoms with Crippen LogP contribution in [0.25, 0.3) is 0 Å². The van der Waals surface area contributed by atoms with Crippen LogP contribution in [0.1, 0.15) is 78.6 Å². The first-order valence-electron chi connectivity index (χ1n) is 7.57. The monoisotopic (exact) mass is 227 g/mol. The Morgan fingerprint density at radius 3 is 1.62 bits per heavy atom. The highest BCUT2D eigenvalue weighted by Crippen LogP contribution is 2.08. The number of rotatable bonds is 12. The van der Waals surface area contributed by atoms with Crippen LogP contribution in [0.4, 0.5) is 0 Å². The molecule has 0 aromatic carbocycles. The average Bonchev–Trinajstić information content (AvgIpc) is 2.31. The van der Waals surface area contributed by atoms with E-state index >= 15 is 0 Å². The number of hydrogen-bond acceptors (Lipinski definition) is 1. The molecule has 0 saturated carbocycles. The summed E-state index contributed by atoms with van der Waals surface area (Å²) in [5.41, 5.74) is 0. The van der Waals surface area contributed by atoms with Crippen molar-refractivity contribution in [3.63, 3.8) is 0 Å². The normalized spacial score (nSPS) is 11.2. The molecule has 0 N–H and O–H groups in total. The van der Waals surface area contributed by atoms with Crippen molar-refractivity contribution in [2.75, 3.05) is 19.6 Å². The maximum absolute atomic E-state index is 2.58. The highest BCUT2D eigenvalue weighted by atomic mass is 15.1. The fraction of sp³-hybridized carbons (Fsp3) is 1.00. The van der Waals surface area contributed by atoms with E-state index in [4.69, 9.17) is 0 Å². The molecular formula is C15H33N. The fourth-order valence-corrected chi connectivity index (χ4v) is 2.21. The Morgan fingerprint density at radius 1 is 0.562 bits per heavy atom. The predicted molar refractivity (Wildman–Crippen MR) is 75.0 cm³/mol. The van der Waals surface area contributed by atoms with Gasteiger partial charge in [-0.05, 0) is 32.5 Å². The first-order valence-corrected chi connectivity index (χ1v) is 7.57. The third-order valence-electron chi connectivity index (χ3n) is 3.31. The Hall–Kier alpha value is -0.0400.